The molecule has 0 saturated carbocycles. The monoisotopic (exact) mass is 376 g/mol. The van der Waals surface area contributed by atoms with E-state index in [1.54, 1.807) is 0 Å². The zero-order valence-electron chi connectivity index (χ0n) is 11.4. The van der Waals surface area contributed by atoms with Gasteiger partial charge in [-0.15, -0.1) is 16.4 Å². The van der Waals surface area contributed by atoms with E-state index in [0.717, 1.165) is 10.1 Å². The summed E-state index contributed by atoms with van der Waals surface area (Å²) in [5, 5.41) is 6.48. The minimum absolute atomic E-state index is 0.263. The first-order valence-corrected chi connectivity index (χ1v) is 8.58. The molecule has 128 valence electrons. The standard InChI is InChI=1S/C10H9F5N4O2S2/c1-19-7(8(11)12)6(17-18-19)4-23(20,21)3-5-2-22-9(16-5)10(13,14)15/h2,8H,3-4H2,1H3. The van der Waals surface area contributed by atoms with Crippen molar-refractivity contribution < 1.29 is 30.4 Å². The molecule has 0 radical (unpaired) electrons. The number of aryl methyl sites for hydroxylation is 1. The molecule has 2 aromatic heterocycles. The molecule has 0 aliphatic rings. The van der Waals surface area contributed by atoms with Crippen molar-refractivity contribution in [1.82, 2.24) is 20.0 Å². The lowest BCUT2D eigenvalue weighted by Gasteiger charge is -2.04. The Bertz CT molecular complexity index is 797. The maximum atomic E-state index is 12.8. The van der Waals surface area contributed by atoms with E-state index in [0.29, 0.717) is 0 Å². The molecular formula is C10H9F5N4O2S2. The van der Waals surface area contributed by atoms with Gasteiger partial charge in [-0.2, -0.15) is 13.2 Å². The van der Waals surface area contributed by atoms with Gasteiger partial charge in [0, 0.05) is 12.4 Å². The summed E-state index contributed by atoms with van der Waals surface area (Å²) in [6, 6.07) is 0. The number of alkyl halides is 5. The van der Waals surface area contributed by atoms with Crippen molar-refractivity contribution in [1.29, 1.82) is 0 Å². The number of thiazole rings is 1. The van der Waals surface area contributed by atoms with Crippen LogP contribution < -0.4 is 0 Å². The maximum absolute atomic E-state index is 12.8. The van der Waals surface area contributed by atoms with Crippen LogP contribution in [0.3, 0.4) is 0 Å². The molecule has 0 amide bonds. The number of aromatic nitrogens is 4. The normalized spacial score (nSPS) is 13.0. The fourth-order valence-electron chi connectivity index (χ4n) is 1.77. The zero-order chi connectivity index (χ0) is 17.4. The molecule has 6 nitrogen and oxygen atoms in total. The largest absolute Gasteiger partial charge is 0.443 e. The Balaban J connectivity index is 2.19. The average Bonchev–Trinajstić information content (AvgIpc) is 2.94. The number of nitrogens with zero attached hydrogens (tertiary/aromatic N) is 4. The topological polar surface area (TPSA) is 77.7 Å². The van der Waals surface area contributed by atoms with E-state index < -0.39 is 50.3 Å². The molecule has 0 aliphatic heterocycles. The van der Waals surface area contributed by atoms with Crippen molar-refractivity contribution in [3.63, 3.8) is 0 Å². The SMILES string of the molecule is Cn1nnc(CS(=O)(=O)Cc2csc(C(F)(F)F)n2)c1C(F)F. The van der Waals surface area contributed by atoms with Crippen molar-refractivity contribution >= 4 is 21.2 Å². The summed E-state index contributed by atoms with van der Waals surface area (Å²) < 4.78 is 87.6. The predicted octanol–water partition coefficient (Wildman–Crippen LogP) is 2.34. The molecule has 0 fully saturated rings. The molecule has 2 aromatic rings. The minimum atomic E-state index is -4.67. The van der Waals surface area contributed by atoms with Gasteiger partial charge in [-0.25, -0.2) is 26.9 Å². The van der Waals surface area contributed by atoms with Gasteiger partial charge in [0.05, 0.1) is 17.2 Å². The number of rotatable bonds is 5. The van der Waals surface area contributed by atoms with Crippen LogP contribution in [0.2, 0.25) is 0 Å². The Morgan fingerprint density at radius 2 is 1.96 bits per heavy atom. The Morgan fingerprint density at radius 1 is 1.30 bits per heavy atom. The van der Waals surface area contributed by atoms with E-state index in [2.05, 4.69) is 15.3 Å². The first kappa shape index (κ1) is 17.7. The minimum Gasteiger partial charge on any atom is -0.246 e. The molecule has 0 bridgehead atoms. The van der Waals surface area contributed by atoms with Gasteiger partial charge in [-0.05, 0) is 0 Å². The molecule has 2 rings (SSSR count). The van der Waals surface area contributed by atoms with Gasteiger partial charge in [0.25, 0.3) is 6.43 Å². The molecule has 0 atom stereocenters. The van der Waals surface area contributed by atoms with E-state index in [-0.39, 0.29) is 17.0 Å². The molecule has 13 heteroatoms. The lowest BCUT2D eigenvalue weighted by atomic mass is 10.3. The smallest absolute Gasteiger partial charge is 0.246 e. The Hall–Kier alpha value is -1.63. The highest BCUT2D eigenvalue weighted by Gasteiger charge is 2.35. The average molecular weight is 376 g/mol. The van der Waals surface area contributed by atoms with Crippen LogP contribution in [-0.4, -0.2) is 28.4 Å². The number of halogens is 5. The summed E-state index contributed by atoms with van der Waals surface area (Å²) >= 11 is 0.263. The second kappa shape index (κ2) is 6.11. The maximum Gasteiger partial charge on any atom is 0.443 e. The molecule has 0 N–H and O–H groups in total. The van der Waals surface area contributed by atoms with Gasteiger partial charge in [-0.3, -0.25) is 0 Å². The Morgan fingerprint density at radius 3 is 2.48 bits per heavy atom. The van der Waals surface area contributed by atoms with Gasteiger partial charge < -0.3 is 0 Å². The molecule has 0 aromatic carbocycles. The highest BCUT2D eigenvalue weighted by Crippen LogP contribution is 2.32. The molecule has 0 spiro atoms. The summed E-state index contributed by atoms with van der Waals surface area (Å²) in [5.74, 6) is -1.67. The third-order valence-electron chi connectivity index (χ3n) is 2.67. The van der Waals surface area contributed by atoms with Gasteiger partial charge in [0.1, 0.15) is 11.4 Å². The zero-order valence-corrected chi connectivity index (χ0v) is 13.0. The fraction of sp³-hybridized carbons (Fsp3) is 0.500. The van der Waals surface area contributed by atoms with Crippen LogP contribution in [0.1, 0.15) is 28.5 Å². The fourth-order valence-corrected chi connectivity index (χ4v) is 3.88. The van der Waals surface area contributed by atoms with Crippen molar-refractivity contribution in [2.75, 3.05) is 0 Å². The van der Waals surface area contributed by atoms with Crippen molar-refractivity contribution in [3.8, 4) is 0 Å². The second-order valence-electron chi connectivity index (χ2n) is 4.52. The summed E-state index contributed by atoms with van der Waals surface area (Å²) in [4.78, 5) is 3.20. The third kappa shape index (κ3) is 4.22. The van der Waals surface area contributed by atoms with Crippen LogP contribution in [0.25, 0.3) is 0 Å². The van der Waals surface area contributed by atoms with E-state index in [4.69, 9.17) is 0 Å². The van der Waals surface area contributed by atoms with Crippen LogP contribution in [0.4, 0.5) is 22.0 Å². The second-order valence-corrected chi connectivity index (χ2v) is 7.44. The van der Waals surface area contributed by atoms with E-state index in [1.807, 2.05) is 0 Å². The van der Waals surface area contributed by atoms with Crippen LogP contribution in [0.15, 0.2) is 5.38 Å². The van der Waals surface area contributed by atoms with Crippen molar-refractivity contribution in [3.05, 3.63) is 27.5 Å². The van der Waals surface area contributed by atoms with E-state index >= 15 is 0 Å². The van der Waals surface area contributed by atoms with Crippen molar-refractivity contribution in [2.24, 2.45) is 7.05 Å². The quantitative estimate of drug-likeness (QED) is 0.749. The molecule has 0 saturated heterocycles. The number of sulfone groups is 1. The Labute approximate surface area is 130 Å². The number of hydrogen-bond acceptors (Lipinski definition) is 6. The molecule has 2 heterocycles. The van der Waals surface area contributed by atoms with E-state index in [1.165, 1.54) is 7.05 Å². The van der Waals surface area contributed by atoms with Gasteiger partial charge in [-0.1, -0.05) is 5.21 Å². The third-order valence-corrected chi connectivity index (χ3v) is 5.05. The van der Waals surface area contributed by atoms with Crippen LogP contribution in [0.5, 0.6) is 0 Å². The molecule has 23 heavy (non-hydrogen) atoms. The predicted molar refractivity (Wildman–Crippen MR) is 69.4 cm³/mol. The highest BCUT2D eigenvalue weighted by molar-refractivity contribution is 7.89. The molecular weight excluding hydrogens is 367 g/mol. The van der Waals surface area contributed by atoms with Crippen LogP contribution in [-0.2, 0) is 34.6 Å². The van der Waals surface area contributed by atoms with Gasteiger partial charge >= 0.3 is 6.18 Å². The summed E-state index contributed by atoms with van der Waals surface area (Å²) in [5.41, 5.74) is -1.39. The highest BCUT2D eigenvalue weighted by atomic mass is 32.2. The lowest BCUT2D eigenvalue weighted by molar-refractivity contribution is -0.137. The van der Waals surface area contributed by atoms with Crippen LogP contribution in [0, 0.1) is 0 Å². The van der Waals surface area contributed by atoms with Gasteiger partial charge in [0.2, 0.25) is 0 Å². The Kier molecular flexibility index (Phi) is 4.71. The lowest BCUT2D eigenvalue weighted by Crippen LogP contribution is -2.11. The first-order chi connectivity index (χ1) is 10.5. The van der Waals surface area contributed by atoms with Crippen molar-refractivity contribution in [2.45, 2.75) is 24.1 Å². The summed E-state index contributed by atoms with van der Waals surface area (Å²) in [6.45, 7) is 0. The number of hydrogen-bond donors (Lipinski definition) is 0. The molecule has 0 unspecified atom stereocenters. The first-order valence-electron chi connectivity index (χ1n) is 5.88. The summed E-state index contributed by atoms with van der Waals surface area (Å²) in [7, 11) is -2.85. The van der Waals surface area contributed by atoms with Gasteiger partial charge in [0.15, 0.2) is 14.8 Å². The molecule has 0 aliphatic carbocycles. The summed E-state index contributed by atoms with van der Waals surface area (Å²) in [6.07, 6.45) is -7.64. The van der Waals surface area contributed by atoms with E-state index in [9.17, 15) is 30.4 Å². The van der Waals surface area contributed by atoms with Crippen LogP contribution >= 0.6 is 11.3 Å².